The first-order valence-electron chi connectivity index (χ1n) is 9.12. The second-order valence-electron chi connectivity index (χ2n) is 6.61. The molecule has 0 fully saturated rings. The fourth-order valence-electron chi connectivity index (χ4n) is 3.50. The van der Waals surface area contributed by atoms with Crippen LogP contribution in [0.2, 0.25) is 0 Å². The van der Waals surface area contributed by atoms with Gasteiger partial charge in [0.1, 0.15) is 15.7 Å². The highest BCUT2D eigenvalue weighted by molar-refractivity contribution is 7.73. The van der Waals surface area contributed by atoms with Gasteiger partial charge in [-0.1, -0.05) is 29.5 Å². The number of nitrogens with two attached hydrogens (primary N) is 1. The van der Waals surface area contributed by atoms with Crippen LogP contribution in [0.4, 0.5) is 10.8 Å². The molecule has 0 saturated heterocycles. The van der Waals surface area contributed by atoms with Gasteiger partial charge in [0.15, 0.2) is 3.95 Å². The smallest absolute Gasteiger partial charge is 0.341 e. The lowest BCUT2D eigenvalue weighted by atomic mass is 9.95. The Kier molecular flexibility index (Phi) is 5.53. The summed E-state index contributed by atoms with van der Waals surface area (Å²) in [6.45, 7) is 0. The van der Waals surface area contributed by atoms with Gasteiger partial charge in [-0.15, -0.1) is 11.3 Å². The highest BCUT2D eigenvalue weighted by Gasteiger charge is 2.28. The number of aromatic nitrogens is 1. The van der Waals surface area contributed by atoms with E-state index < -0.39 is 5.97 Å². The van der Waals surface area contributed by atoms with Crippen LogP contribution in [0.5, 0.6) is 0 Å². The maximum atomic E-state index is 13.0. The summed E-state index contributed by atoms with van der Waals surface area (Å²) in [5, 5.41) is 3.39. The Balaban J connectivity index is 1.70. The average molecular weight is 446 g/mol. The minimum Gasteiger partial charge on any atom is -0.465 e. The van der Waals surface area contributed by atoms with E-state index in [0.29, 0.717) is 19.4 Å². The zero-order valence-corrected chi connectivity index (χ0v) is 18.1. The van der Waals surface area contributed by atoms with E-state index in [1.54, 1.807) is 4.57 Å². The monoisotopic (exact) mass is 445 g/mol. The van der Waals surface area contributed by atoms with E-state index in [0.717, 1.165) is 53.1 Å². The number of carbonyl (C=O) groups is 2. The number of nitrogens with zero attached hydrogens (tertiary/aromatic N) is 1. The Hall–Kier alpha value is -2.49. The van der Waals surface area contributed by atoms with Gasteiger partial charge >= 0.3 is 5.97 Å². The van der Waals surface area contributed by atoms with Gasteiger partial charge in [0, 0.05) is 10.6 Å². The van der Waals surface area contributed by atoms with Crippen molar-refractivity contribution in [1.82, 2.24) is 4.57 Å². The Labute approximate surface area is 180 Å². The molecule has 29 heavy (non-hydrogen) atoms. The van der Waals surface area contributed by atoms with Crippen molar-refractivity contribution in [3.8, 4) is 5.69 Å². The molecular formula is C20H19N3O3S3. The number of thiophene rings is 1. The zero-order valence-electron chi connectivity index (χ0n) is 15.7. The Morgan fingerprint density at radius 3 is 2.62 bits per heavy atom. The van der Waals surface area contributed by atoms with Gasteiger partial charge in [-0.2, -0.15) is 0 Å². The molecule has 1 aromatic carbocycles. The molecule has 6 nitrogen and oxygen atoms in total. The first-order valence-corrected chi connectivity index (χ1v) is 11.2. The van der Waals surface area contributed by atoms with Gasteiger partial charge in [0.05, 0.1) is 12.7 Å². The van der Waals surface area contributed by atoms with E-state index >= 15 is 0 Å². The van der Waals surface area contributed by atoms with Crippen molar-refractivity contribution in [3.05, 3.63) is 55.2 Å². The average Bonchev–Trinajstić information content (AvgIpc) is 3.24. The van der Waals surface area contributed by atoms with Crippen LogP contribution in [0.15, 0.2) is 30.3 Å². The van der Waals surface area contributed by atoms with Crippen LogP contribution in [-0.2, 0) is 17.6 Å². The number of hydrogen-bond acceptors (Lipinski definition) is 7. The molecule has 2 heterocycles. The van der Waals surface area contributed by atoms with Gasteiger partial charge in [-0.3, -0.25) is 9.36 Å². The molecule has 0 bridgehead atoms. The number of ether oxygens (including phenoxy) is 1. The van der Waals surface area contributed by atoms with E-state index in [1.807, 2.05) is 30.3 Å². The predicted molar refractivity (Wildman–Crippen MR) is 119 cm³/mol. The first-order chi connectivity index (χ1) is 14.0. The highest BCUT2D eigenvalue weighted by atomic mass is 32.1. The van der Waals surface area contributed by atoms with Crippen LogP contribution in [0.3, 0.4) is 0 Å². The molecule has 9 heteroatoms. The van der Waals surface area contributed by atoms with Crippen molar-refractivity contribution in [2.75, 3.05) is 18.2 Å². The Morgan fingerprint density at radius 1 is 1.17 bits per heavy atom. The number of rotatable bonds is 4. The van der Waals surface area contributed by atoms with Crippen LogP contribution < -0.4 is 11.1 Å². The maximum absolute atomic E-state index is 13.0. The summed E-state index contributed by atoms with van der Waals surface area (Å²) in [4.78, 5) is 26.9. The summed E-state index contributed by atoms with van der Waals surface area (Å²) >= 11 is 8.02. The van der Waals surface area contributed by atoms with Crippen LogP contribution in [-0.4, -0.2) is 23.6 Å². The number of nitrogen functional groups attached to an aromatic ring is 1. The fourth-order valence-corrected chi connectivity index (χ4v) is 6.04. The van der Waals surface area contributed by atoms with Crippen molar-refractivity contribution in [2.24, 2.45) is 0 Å². The third-order valence-electron chi connectivity index (χ3n) is 4.85. The molecule has 0 saturated carbocycles. The summed E-state index contributed by atoms with van der Waals surface area (Å²) in [5.41, 5.74) is 8.52. The molecule has 1 aliphatic rings. The molecule has 1 amide bonds. The molecule has 0 spiro atoms. The summed E-state index contributed by atoms with van der Waals surface area (Å²) in [6, 6.07) is 9.42. The molecule has 0 aliphatic heterocycles. The van der Waals surface area contributed by atoms with Crippen molar-refractivity contribution in [1.29, 1.82) is 0 Å². The molecule has 0 radical (unpaired) electrons. The Bertz CT molecular complexity index is 1150. The number of esters is 1. The van der Waals surface area contributed by atoms with Crippen LogP contribution in [0.25, 0.3) is 5.69 Å². The summed E-state index contributed by atoms with van der Waals surface area (Å²) in [7, 11) is 1.35. The van der Waals surface area contributed by atoms with Crippen molar-refractivity contribution in [2.45, 2.75) is 25.7 Å². The topological polar surface area (TPSA) is 86.3 Å². The van der Waals surface area contributed by atoms with Gasteiger partial charge < -0.3 is 15.8 Å². The van der Waals surface area contributed by atoms with Crippen LogP contribution in [0, 0.1) is 3.95 Å². The number of thiazole rings is 1. The predicted octanol–water partition coefficient (Wildman–Crippen LogP) is 4.83. The second kappa shape index (κ2) is 8.10. The quantitative estimate of drug-likeness (QED) is 0.444. The lowest BCUT2D eigenvalue weighted by Crippen LogP contribution is -2.16. The number of para-hydroxylation sites is 1. The molecule has 150 valence electrons. The molecule has 0 unspecified atom stereocenters. The van der Waals surface area contributed by atoms with Crippen LogP contribution >= 0.6 is 34.9 Å². The molecule has 3 N–H and O–H groups in total. The lowest BCUT2D eigenvalue weighted by Gasteiger charge is -2.11. The fraction of sp³-hybridized carbons (Fsp3) is 0.250. The molecule has 2 aromatic heterocycles. The van der Waals surface area contributed by atoms with E-state index in [9.17, 15) is 9.59 Å². The third kappa shape index (κ3) is 3.61. The number of carbonyl (C=O) groups excluding carboxylic acids is 2. The van der Waals surface area contributed by atoms with Gasteiger partial charge in [-0.25, -0.2) is 4.79 Å². The van der Waals surface area contributed by atoms with E-state index in [1.165, 1.54) is 18.4 Å². The SMILES string of the molecule is COC(=O)c1c(NC(=O)c2sc(=S)n(-c3ccccc3)c2N)sc2c1CCCC2. The number of aryl methyl sites for hydroxylation is 1. The minimum atomic E-state index is -0.429. The molecule has 1 aliphatic carbocycles. The molecule has 3 aromatic rings. The largest absolute Gasteiger partial charge is 0.465 e. The number of benzene rings is 1. The highest BCUT2D eigenvalue weighted by Crippen LogP contribution is 2.39. The standard InChI is InChI=1S/C20H19N3O3S3/c1-26-19(25)14-12-9-5-6-10-13(12)28-18(14)22-17(24)15-16(21)23(20(27)29-15)11-7-3-2-4-8-11/h2-4,7-8H,5-6,9-10,21H2,1H3,(H,22,24). The van der Waals surface area contributed by atoms with Crippen LogP contribution in [0.1, 0.15) is 43.3 Å². The van der Waals surface area contributed by atoms with Gasteiger partial charge in [0.2, 0.25) is 0 Å². The van der Waals surface area contributed by atoms with Crippen molar-refractivity contribution in [3.63, 3.8) is 0 Å². The minimum absolute atomic E-state index is 0.282. The number of methoxy groups -OCH3 is 1. The zero-order chi connectivity index (χ0) is 20.5. The van der Waals surface area contributed by atoms with E-state index in [4.69, 9.17) is 22.7 Å². The van der Waals surface area contributed by atoms with E-state index in [-0.39, 0.29) is 11.7 Å². The second-order valence-corrected chi connectivity index (χ2v) is 9.36. The number of amides is 1. The Morgan fingerprint density at radius 2 is 1.90 bits per heavy atom. The van der Waals surface area contributed by atoms with E-state index in [2.05, 4.69) is 5.32 Å². The maximum Gasteiger partial charge on any atom is 0.341 e. The van der Waals surface area contributed by atoms with Crippen molar-refractivity contribution >= 4 is 57.6 Å². The first kappa shape index (κ1) is 19.8. The summed E-state index contributed by atoms with van der Waals surface area (Å²) in [6.07, 6.45) is 3.83. The molecular weight excluding hydrogens is 426 g/mol. The van der Waals surface area contributed by atoms with Gasteiger partial charge in [0.25, 0.3) is 5.91 Å². The lowest BCUT2D eigenvalue weighted by molar-refractivity contribution is 0.0601. The number of nitrogens with one attached hydrogen (secondary N) is 1. The third-order valence-corrected chi connectivity index (χ3v) is 7.45. The van der Waals surface area contributed by atoms with Crippen molar-refractivity contribution < 1.29 is 14.3 Å². The number of anilines is 2. The number of fused-ring (bicyclic) bond motifs is 1. The molecule has 4 rings (SSSR count). The number of hydrogen-bond donors (Lipinski definition) is 2. The summed E-state index contributed by atoms with van der Waals surface area (Å²) in [5.74, 6) is -0.524. The van der Waals surface area contributed by atoms with Gasteiger partial charge in [-0.05, 0) is 55.6 Å². The summed E-state index contributed by atoms with van der Waals surface area (Å²) < 4.78 is 7.13. The molecule has 0 atom stereocenters. The normalized spacial score (nSPS) is 13.0.